The van der Waals surface area contributed by atoms with E-state index in [2.05, 4.69) is 48.5 Å². The number of rotatable bonds is 72. The summed E-state index contributed by atoms with van der Waals surface area (Å²) in [5.74, 6) is 0.132. The molecule has 0 amide bonds. The van der Waals surface area contributed by atoms with Crippen molar-refractivity contribution < 1.29 is 80.2 Å². The number of ether oxygens (including phenoxy) is 4. The maximum Gasteiger partial charge on any atom is 0.472 e. The molecule has 19 heteroatoms. The molecule has 0 aliphatic rings. The summed E-state index contributed by atoms with van der Waals surface area (Å²) in [5.41, 5.74) is 0. The quantitative estimate of drug-likeness (QED) is 0.0222. The molecule has 0 aromatic heterocycles. The van der Waals surface area contributed by atoms with Gasteiger partial charge in [-0.2, -0.15) is 0 Å². The molecule has 3 N–H and O–H groups in total. The summed E-state index contributed by atoms with van der Waals surface area (Å²) in [4.78, 5) is 72.7. The van der Waals surface area contributed by atoms with Crippen LogP contribution in [0.3, 0.4) is 0 Å². The first-order chi connectivity index (χ1) is 44.8. The molecule has 0 rings (SSSR count). The molecule has 0 saturated carbocycles. The highest BCUT2D eigenvalue weighted by Gasteiger charge is 2.30. The van der Waals surface area contributed by atoms with Crippen LogP contribution in [0.5, 0.6) is 0 Å². The van der Waals surface area contributed by atoms with Crippen LogP contribution in [0.4, 0.5) is 0 Å². The molecule has 0 spiro atoms. The van der Waals surface area contributed by atoms with E-state index in [1.165, 1.54) is 186 Å². The van der Waals surface area contributed by atoms with Crippen LogP contribution in [-0.4, -0.2) is 96.7 Å². The Kier molecular flexibility index (Phi) is 63.4. The van der Waals surface area contributed by atoms with Crippen LogP contribution >= 0.6 is 15.6 Å². The second-order valence-corrected chi connectivity index (χ2v) is 30.8. The number of carbonyl (C=O) groups excluding carboxylic acids is 4. The topological polar surface area (TPSA) is 237 Å². The summed E-state index contributed by atoms with van der Waals surface area (Å²) in [6.45, 7) is 11.8. The van der Waals surface area contributed by atoms with Gasteiger partial charge in [0.25, 0.3) is 0 Å². The van der Waals surface area contributed by atoms with Crippen molar-refractivity contribution in [3.8, 4) is 0 Å². The van der Waals surface area contributed by atoms with Gasteiger partial charge in [-0.1, -0.05) is 325 Å². The zero-order valence-electron chi connectivity index (χ0n) is 60.7. The molecule has 17 nitrogen and oxygen atoms in total. The lowest BCUT2D eigenvalue weighted by Gasteiger charge is -2.21. The van der Waals surface area contributed by atoms with Crippen LogP contribution in [0.2, 0.25) is 0 Å². The van der Waals surface area contributed by atoms with Gasteiger partial charge in [-0.05, 0) is 43.4 Å². The van der Waals surface area contributed by atoms with Crippen molar-refractivity contribution in [3.63, 3.8) is 0 Å². The van der Waals surface area contributed by atoms with Crippen LogP contribution in [0.25, 0.3) is 0 Å². The lowest BCUT2D eigenvalue weighted by Crippen LogP contribution is -2.30. The molecule has 0 heterocycles. The normalized spacial score (nSPS) is 14.4. The maximum atomic E-state index is 13.1. The first-order valence-corrected chi connectivity index (χ1v) is 41.4. The minimum absolute atomic E-state index is 0.104. The van der Waals surface area contributed by atoms with Crippen molar-refractivity contribution in [2.75, 3.05) is 39.6 Å². The van der Waals surface area contributed by atoms with Gasteiger partial charge in [0.1, 0.15) is 19.3 Å². The minimum Gasteiger partial charge on any atom is -0.462 e. The molecule has 0 aromatic carbocycles. The Bertz CT molecular complexity index is 1820. The average Bonchev–Trinajstić information content (AvgIpc) is 2.66. The largest absolute Gasteiger partial charge is 0.472 e. The zero-order chi connectivity index (χ0) is 68.7. The third kappa shape index (κ3) is 67.0. The fourth-order valence-corrected chi connectivity index (χ4v) is 12.8. The summed E-state index contributed by atoms with van der Waals surface area (Å²) < 4.78 is 68.5. The Morgan fingerprint density at radius 1 is 0.312 bits per heavy atom. The van der Waals surface area contributed by atoms with Gasteiger partial charge in [-0.25, -0.2) is 9.13 Å². The first kappa shape index (κ1) is 91.1. The molecular formula is C74H144O17P2. The number of aliphatic hydroxyl groups excluding tert-OH is 1. The van der Waals surface area contributed by atoms with E-state index < -0.39 is 97.5 Å². The molecule has 0 radical (unpaired) electrons. The summed E-state index contributed by atoms with van der Waals surface area (Å²) >= 11 is 0. The SMILES string of the molecule is CCCCCCCCCCCCCCCCCCCC(=O)O[C@H](COC(=O)CCCCCCCCCCCCC(C)C)COP(=O)(O)OC[C@@H](O)COP(=O)(O)OC[C@@H](COC(=O)CCCCCCCCCCC(C)C)OC(=O)CCCCCCCCCCC(C)CC. The van der Waals surface area contributed by atoms with Crippen molar-refractivity contribution in [1.82, 2.24) is 0 Å². The molecule has 3 unspecified atom stereocenters. The number of unbranched alkanes of at least 4 members (excludes halogenated alkanes) is 39. The van der Waals surface area contributed by atoms with E-state index in [4.69, 9.17) is 37.0 Å². The van der Waals surface area contributed by atoms with Gasteiger partial charge in [0.05, 0.1) is 26.4 Å². The van der Waals surface area contributed by atoms with E-state index in [1.54, 1.807) is 0 Å². The zero-order valence-corrected chi connectivity index (χ0v) is 62.5. The van der Waals surface area contributed by atoms with Crippen LogP contribution in [-0.2, 0) is 65.4 Å². The second kappa shape index (κ2) is 64.7. The second-order valence-electron chi connectivity index (χ2n) is 27.9. The summed E-state index contributed by atoms with van der Waals surface area (Å²) in [6, 6.07) is 0. The molecular weight excluding hydrogens is 1220 g/mol. The molecule has 552 valence electrons. The Morgan fingerprint density at radius 2 is 0.548 bits per heavy atom. The number of hydrogen-bond donors (Lipinski definition) is 3. The molecule has 0 fully saturated rings. The van der Waals surface area contributed by atoms with E-state index >= 15 is 0 Å². The predicted molar refractivity (Wildman–Crippen MR) is 377 cm³/mol. The first-order valence-electron chi connectivity index (χ1n) is 38.4. The molecule has 0 saturated heterocycles. The standard InChI is InChI=1S/C74H144O17P2/c1-8-10-11-12-13-14-15-16-17-18-19-20-21-26-36-43-50-57-73(78)90-69(61-84-71(76)55-48-41-34-25-23-22-24-31-38-45-52-65(3)4)63-88-92(80,81)86-59-68(75)60-87-93(82,83)89-64-70(62-85-72(77)56-49-42-35-29-27-32-39-46-53-66(5)6)91-74(79)58-51-44-37-30-28-33-40-47-54-67(7)9-2/h65-70,75H,8-64H2,1-7H3,(H,80,81)(H,82,83)/t67?,68-,69-,70-/m1/s1. The van der Waals surface area contributed by atoms with E-state index in [1.807, 2.05) is 0 Å². The molecule has 93 heavy (non-hydrogen) atoms. The third-order valence-electron chi connectivity index (χ3n) is 17.5. The smallest absolute Gasteiger partial charge is 0.462 e. The fourth-order valence-electron chi connectivity index (χ4n) is 11.2. The van der Waals surface area contributed by atoms with Crippen molar-refractivity contribution in [1.29, 1.82) is 0 Å². The highest BCUT2D eigenvalue weighted by Crippen LogP contribution is 2.45. The number of phosphoric acid groups is 2. The molecule has 0 aromatic rings. The van der Waals surface area contributed by atoms with Gasteiger partial charge in [0.2, 0.25) is 0 Å². The molecule has 0 aliphatic heterocycles. The van der Waals surface area contributed by atoms with Crippen molar-refractivity contribution in [2.45, 2.75) is 394 Å². The Labute approximate surface area is 568 Å². The van der Waals surface area contributed by atoms with Crippen molar-refractivity contribution in [2.24, 2.45) is 17.8 Å². The van der Waals surface area contributed by atoms with Gasteiger partial charge in [-0.3, -0.25) is 37.3 Å². The maximum absolute atomic E-state index is 13.1. The number of phosphoric ester groups is 2. The van der Waals surface area contributed by atoms with E-state index in [-0.39, 0.29) is 25.7 Å². The summed E-state index contributed by atoms with van der Waals surface area (Å²) in [5, 5.41) is 10.6. The number of esters is 4. The van der Waals surface area contributed by atoms with Gasteiger partial charge in [-0.15, -0.1) is 0 Å². The van der Waals surface area contributed by atoms with Crippen LogP contribution in [0.15, 0.2) is 0 Å². The molecule has 0 aliphatic carbocycles. The highest BCUT2D eigenvalue weighted by atomic mass is 31.2. The van der Waals surface area contributed by atoms with E-state index in [0.29, 0.717) is 25.7 Å². The summed E-state index contributed by atoms with van der Waals surface area (Å²) in [7, 11) is -9.91. The Hall–Kier alpha value is -1.94. The van der Waals surface area contributed by atoms with Crippen LogP contribution < -0.4 is 0 Å². The molecule has 0 bridgehead atoms. The van der Waals surface area contributed by atoms with Gasteiger partial charge >= 0.3 is 39.5 Å². The van der Waals surface area contributed by atoms with Crippen molar-refractivity contribution in [3.05, 3.63) is 0 Å². The van der Waals surface area contributed by atoms with Crippen LogP contribution in [0, 0.1) is 17.8 Å². The van der Waals surface area contributed by atoms with Crippen molar-refractivity contribution >= 4 is 39.5 Å². The molecule has 6 atom stereocenters. The van der Waals surface area contributed by atoms with E-state index in [9.17, 15) is 43.2 Å². The summed E-state index contributed by atoms with van der Waals surface area (Å²) in [6.07, 6.45) is 49.9. The lowest BCUT2D eigenvalue weighted by molar-refractivity contribution is -0.161. The van der Waals surface area contributed by atoms with E-state index in [0.717, 1.165) is 108 Å². The predicted octanol–water partition coefficient (Wildman–Crippen LogP) is 21.4. The number of hydrogen-bond acceptors (Lipinski definition) is 15. The number of aliphatic hydroxyl groups is 1. The van der Waals surface area contributed by atoms with Crippen LogP contribution in [0.1, 0.15) is 376 Å². The minimum atomic E-state index is -4.96. The lowest BCUT2D eigenvalue weighted by atomic mass is 9.99. The van der Waals surface area contributed by atoms with Gasteiger partial charge in [0.15, 0.2) is 12.2 Å². The van der Waals surface area contributed by atoms with Gasteiger partial charge in [0, 0.05) is 25.7 Å². The number of carbonyl (C=O) groups is 4. The Morgan fingerprint density at radius 3 is 0.817 bits per heavy atom. The average molecular weight is 1370 g/mol. The highest BCUT2D eigenvalue weighted by molar-refractivity contribution is 7.47. The fraction of sp³-hybridized carbons (Fsp3) is 0.946. The third-order valence-corrected chi connectivity index (χ3v) is 19.4. The van der Waals surface area contributed by atoms with Gasteiger partial charge < -0.3 is 33.8 Å². The Balaban J connectivity index is 5.26. The monoisotopic (exact) mass is 1370 g/mol.